The van der Waals surface area contributed by atoms with Crippen molar-refractivity contribution in [3.8, 4) is 29.2 Å². The van der Waals surface area contributed by atoms with E-state index in [1.807, 2.05) is 42.5 Å². The van der Waals surface area contributed by atoms with Gasteiger partial charge in [-0.25, -0.2) is 4.98 Å². The van der Waals surface area contributed by atoms with Crippen LogP contribution in [-0.4, -0.2) is 23.0 Å². The second-order valence-electron chi connectivity index (χ2n) is 9.19. The molecular weight excluding hydrogens is 620 g/mol. The summed E-state index contributed by atoms with van der Waals surface area (Å²) in [5, 5.41) is 15.7. The molecule has 0 radical (unpaired) electrons. The van der Waals surface area contributed by atoms with E-state index in [0.717, 1.165) is 9.86 Å². The standard InChI is InChI=1S/C32H20BrClN4O4/c1-40-28-15-24(34)13-22(30(28)41-18-20-7-3-2-6-19(20)16-35)17-36-38-31(37-26-9-5-4-8-25(26)32(38)39)29-14-21-12-23(33)10-11-27(21)42-29/h2-15,17H,18H2,1H3. The van der Waals surface area contributed by atoms with Crippen molar-refractivity contribution in [1.29, 1.82) is 5.26 Å². The maximum absolute atomic E-state index is 13.7. The maximum atomic E-state index is 13.7. The Balaban J connectivity index is 1.48. The van der Waals surface area contributed by atoms with Crippen LogP contribution >= 0.6 is 27.5 Å². The van der Waals surface area contributed by atoms with E-state index in [2.05, 4.69) is 27.1 Å². The molecule has 6 rings (SSSR count). The van der Waals surface area contributed by atoms with Gasteiger partial charge in [0.2, 0.25) is 5.82 Å². The topological polar surface area (TPSA) is 103 Å². The molecule has 0 unspecified atom stereocenters. The van der Waals surface area contributed by atoms with Crippen LogP contribution in [0.5, 0.6) is 11.5 Å². The molecule has 0 saturated heterocycles. The molecule has 206 valence electrons. The number of hydrogen-bond acceptors (Lipinski definition) is 7. The highest BCUT2D eigenvalue weighted by Gasteiger charge is 2.18. The van der Waals surface area contributed by atoms with Gasteiger partial charge < -0.3 is 13.9 Å². The van der Waals surface area contributed by atoms with Gasteiger partial charge in [0.1, 0.15) is 12.2 Å². The van der Waals surface area contributed by atoms with Gasteiger partial charge >= 0.3 is 0 Å². The lowest BCUT2D eigenvalue weighted by Gasteiger charge is -2.15. The number of ether oxygens (including phenoxy) is 2. The summed E-state index contributed by atoms with van der Waals surface area (Å²) in [5.74, 6) is 1.30. The van der Waals surface area contributed by atoms with Crippen molar-refractivity contribution in [3.05, 3.63) is 121 Å². The molecule has 0 atom stereocenters. The number of fused-ring (bicyclic) bond motifs is 2. The SMILES string of the molecule is COc1cc(Cl)cc(C=Nn2c(-c3cc4cc(Br)ccc4o3)nc3ccccc3c2=O)c1OCc1ccccc1C#N. The number of nitrogens with zero attached hydrogens (tertiary/aromatic N) is 4. The highest BCUT2D eigenvalue weighted by atomic mass is 79.9. The fourth-order valence-corrected chi connectivity index (χ4v) is 5.13. The van der Waals surface area contributed by atoms with Crippen molar-refractivity contribution < 1.29 is 13.9 Å². The van der Waals surface area contributed by atoms with Gasteiger partial charge in [-0.3, -0.25) is 4.79 Å². The average Bonchev–Trinajstić information content (AvgIpc) is 3.43. The molecule has 0 spiro atoms. The third-order valence-electron chi connectivity index (χ3n) is 6.54. The molecule has 0 aliphatic carbocycles. The Hall–Kier alpha value is -4.91. The zero-order valence-electron chi connectivity index (χ0n) is 22.0. The molecule has 0 N–H and O–H groups in total. The van der Waals surface area contributed by atoms with Crippen molar-refractivity contribution in [1.82, 2.24) is 9.66 Å². The smallest absolute Gasteiger partial charge is 0.282 e. The van der Waals surface area contributed by atoms with E-state index >= 15 is 0 Å². The maximum Gasteiger partial charge on any atom is 0.282 e. The summed E-state index contributed by atoms with van der Waals surface area (Å²) < 4.78 is 19.9. The van der Waals surface area contributed by atoms with Gasteiger partial charge in [-0.15, -0.1) is 0 Å². The molecular formula is C32H20BrClN4O4. The number of rotatable bonds is 7. The number of benzene rings is 4. The third kappa shape index (κ3) is 5.26. The zero-order valence-corrected chi connectivity index (χ0v) is 24.4. The van der Waals surface area contributed by atoms with Crippen LogP contribution < -0.4 is 15.0 Å². The zero-order chi connectivity index (χ0) is 29.2. The number of nitriles is 1. The van der Waals surface area contributed by atoms with Gasteiger partial charge in [0, 0.05) is 32.1 Å². The Labute approximate surface area is 253 Å². The lowest BCUT2D eigenvalue weighted by atomic mass is 10.1. The minimum atomic E-state index is -0.382. The number of furan rings is 1. The summed E-state index contributed by atoms with van der Waals surface area (Å²) in [4.78, 5) is 18.5. The van der Waals surface area contributed by atoms with Crippen molar-refractivity contribution in [2.75, 3.05) is 7.11 Å². The van der Waals surface area contributed by atoms with Crippen molar-refractivity contribution >= 4 is 55.6 Å². The second-order valence-corrected chi connectivity index (χ2v) is 10.5. The first-order valence-electron chi connectivity index (χ1n) is 12.7. The lowest BCUT2D eigenvalue weighted by Crippen LogP contribution is -2.20. The van der Waals surface area contributed by atoms with E-state index < -0.39 is 0 Å². The first-order chi connectivity index (χ1) is 20.4. The molecule has 0 bridgehead atoms. The summed E-state index contributed by atoms with van der Waals surface area (Å²) in [6, 6.07) is 27.1. The molecule has 2 heterocycles. The molecule has 0 fully saturated rings. The molecule has 0 aliphatic rings. The van der Waals surface area contributed by atoms with E-state index in [1.165, 1.54) is 18.0 Å². The Kier molecular flexibility index (Phi) is 7.48. The van der Waals surface area contributed by atoms with Gasteiger partial charge in [-0.2, -0.15) is 15.0 Å². The van der Waals surface area contributed by atoms with E-state index in [1.54, 1.807) is 42.5 Å². The predicted octanol–water partition coefficient (Wildman–Crippen LogP) is 7.57. The first-order valence-corrected chi connectivity index (χ1v) is 13.9. The fourth-order valence-electron chi connectivity index (χ4n) is 4.53. The van der Waals surface area contributed by atoms with Crippen LogP contribution in [0.1, 0.15) is 16.7 Å². The van der Waals surface area contributed by atoms with E-state index in [4.69, 9.17) is 30.5 Å². The minimum Gasteiger partial charge on any atom is -0.493 e. The fraction of sp³-hybridized carbons (Fsp3) is 0.0625. The molecule has 8 nitrogen and oxygen atoms in total. The monoisotopic (exact) mass is 638 g/mol. The van der Waals surface area contributed by atoms with Crippen molar-refractivity contribution in [3.63, 3.8) is 0 Å². The molecule has 42 heavy (non-hydrogen) atoms. The van der Waals surface area contributed by atoms with Gasteiger partial charge in [0.15, 0.2) is 17.3 Å². The Morgan fingerprint density at radius 2 is 1.90 bits per heavy atom. The minimum absolute atomic E-state index is 0.0971. The highest BCUT2D eigenvalue weighted by molar-refractivity contribution is 9.10. The number of methoxy groups -OCH3 is 1. The summed E-state index contributed by atoms with van der Waals surface area (Å²) in [6.07, 6.45) is 1.46. The van der Waals surface area contributed by atoms with Crippen molar-refractivity contribution in [2.24, 2.45) is 5.10 Å². The van der Waals surface area contributed by atoms with Crippen LogP contribution in [0.3, 0.4) is 0 Å². The lowest BCUT2D eigenvalue weighted by molar-refractivity contribution is 0.284. The van der Waals surface area contributed by atoms with Crippen LogP contribution in [0, 0.1) is 11.3 Å². The average molecular weight is 640 g/mol. The summed E-state index contributed by atoms with van der Waals surface area (Å²) in [6.45, 7) is 0.0971. The molecule has 0 saturated carbocycles. The molecule has 0 aliphatic heterocycles. The van der Waals surface area contributed by atoms with E-state index in [9.17, 15) is 10.1 Å². The second kappa shape index (κ2) is 11.5. The van der Waals surface area contributed by atoms with Crippen molar-refractivity contribution in [2.45, 2.75) is 6.61 Å². The number of aromatic nitrogens is 2. The molecule has 0 amide bonds. The Morgan fingerprint density at radius 3 is 2.74 bits per heavy atom. The van der Waals surface area contributed by atoms with Crippen LogP contribution in [0.2, 0.25) is 5.02 Å². The van der Waals surface area contributed by atoms with Crippen LogP contribution in [0.15, 0.2) is 104 Å². The van der Waals surface area contributed by atoms with Gasteiger partial charge in [0.05, 0.1) is 35.9 Å². The third-order valence-corrected chi connectivity index (χ3v) is 7.25. The summed E-state index contributed by atoms with van der Waals surface area (Å²) >= 11 is 9.88. The van der Waals surface area contributed by atoms with Gasteiger partial charge in [-0.05, 0) is 48.5 Å². The summed E-state index contributed by atoms with van der Waals surface area (Å²) in [5.41, 5.74) is 2.42. The number of hydrogen-bond donors (Lipinski definition) is 0. The Bertz CT molecular complexity index is 2110. The first kappa shape index (κ1) is 27.3. The molecule has 2 aromatic heterocycles. The summed E-state index contributed by atoms with van der Waals surface area (Å²) in [7, 11) is 1.50. The normalized spacial score (nSPS) is 11.3. The van der Waals surface area contributed by atoms with Crippen LogP contribution in [0.25, 0.3) is 33.5 Å². The van der Waals surface area contributed by atoms with E-state index in [-0.39, 0.29) is 18.0 Å². The van der Waals surface area contributed by atoms with Crippen LogP contribution in [0.4, 0.5) is 0 Å². The number of para-hydroxylation sites is 1. The van der Waals surface area contributed by atoms with E-state index in [0.29, 0.717) is 55.5 Å². The highest BCUT2D eigenvalue weighted by Crippen LogP contribution is 2.35. The molecule has 10 heteroatoms. The predicted molar refractivity (Wildman–Crippen MR) is 165 cm³/mol. The van der Waals surface area contributed by atoms with Gasteiger partial charge in [0.25, 0.3) is 5.56 Å². The van der Waals surface area contributed by atoms with Gasteiger partial charge in [-0.1, -0.05) is 57.9 Å². The molecule has 4 aromatic carbocycles. The largest absolute Gasteiger partial charge is 0.493 e. The Morgan fingerprint density at radius 1 is 1.10 bits per heavy atom. The quantitative estimate of drug-likeness (QED) is 0.167. The number of halogens is 2. The van der Waals surface area contributed by atoms with Crippen LogP contribution in [-0.2, 0) is 6.61 Å². The molecule has 6 aromatic rings.